The van der Waals surface area contributed by atoms with E-state index in [-0.39, 0.29) is 0 Å². The molecule has 1 aliphatic heterocycles. The minimum Gasteiger partial charge on any atom is -0.307 e. The Morgan fingerprint density at radius 1 is 1.38 bits per heavy atom. The van der Waals surface area contributed by atoms with Crippen molar-refractivity contribution in [2.24, 2.45) is 0 Å². The highest BCUT2D eigenvalue weighted by atomic mass is 79.9. The van der Waals surface area contributed by atoms with E-state index in [1.807, 2.05) is 0 Å². The molecule has 0 radical (unpaired) electrons. The van der Waals surface area contributed by atoms with Crippen LogP contribution in [0.3, 0.4) is 0 Å². The first-order chi connectivity index (χ1) is 6.16. The van der Waals surface area contributed by atoms with Crippen LogP contribution in [0.1, 0.15) is 31.0 Å². The highest BCUT2D eigenvalue weighted by molar-refractivity contribution is 9.10. The van der Waals surface area contributed by atoms with Crippen LogP contribution in [-0.4, -0.2) is 6.04 Å². The molecule has 2 atom stereocenters. The van der Waals surface area contributed by atoms with E-state index >= 15 is 0 Å². The van der Waals surface area contributed by atoms with E-state index in [4.69, 9.17) is 0 Å². The van der Waals surface area contributed by atoms with Crippen molar-refractivity contribution in [3.05, 3.63) is 33.8 Å². The molecule has 2 rings (SSSR count). The van der Waals surface area contributed by atoms with Gasteiger partial charge >= 0.3 is 0 Å². The van der Waals surface area contributed by atoms with Crippen molar-refractivity contribution in [3.8, 4) is 0 Å². The van der Waals surface area contributed by atoms with E-state index < -0.39 is 0 Å². The minimum absolute atomic E-state index is 0.492. The average molecular weight is 240 g/mol. The van der Waals surface area contributed by atoms with Gasteiger partial charge in [-0.05, 0) is 43.5 Å². The highest BCUT2D eigenvalue weighted by Gasteiger charge is 2.19. The fourth-order valence-electron chi connectivity index (χ4n) is 2.08. The zero-order valence-corrected chi connectivity index (χ0v) is 9.56. The minimum atomic E-state index is 0.492. The Morgan fingerprint density at radius 2 is 2.15 bits per heavy atom. The topological polar surface area (TPSA) is 12.0 Å². The number of rotatable bonds is 0. The molecule has 0 saturated heterocycles. The van der Waals surface area contributed by atoms with E-state index in [0.717, 1.165) is 6.42 Å². The molecule has 1 N–H and O–H groups in total. The second-order valence-electron chi connectivity index (χ2n) is 3.84. The third-order valence-corrected chi connectivity index (χ3v) is 3.13. The Bertz CT molecular complexity index is 322. The molecule has 1 heterocycles. The predicted molar refractivity (Wildman–Crippen MR) is 58.9 cm³/mol. The first-order valence-corrected chi connectivity index (χ1v) is 5.50. The van der Waals surface area contributed by atoms with Crippen LogP contribution in [0.5, 0.6) is 0 Å². The molecule has 0 fully saturated rings. The van der Waals surface area contributed by atoms with E-state index in [0.29, 0.717) is 12.1 Å². The Hall–Kier alpha value is -0.340. The van der Waals surface area contributed by atoms with Crippen LogP contribution in [0.4, 0.5) is 0 Å². The molecule has 70 valence electrons. The van der Waals surface area contributed by atoms with Gasteiger partial charge in [-0.1, -0.05) is 22.0 Å². The van der Waals surface area contributed by atoms with Gasteiger partial charge in [0.2, 0.25) is 0 Å². The van der Waals surface area contributed by atoms with Crippen molar-refractivity contribution in [2.75, 3.05) is 0 Å². The lowest BCUT2D eigenvalue weighted by Crippen LogP contribution is -2.35. The van der Waals surface area contributed by atoms with E-state index in [1.54, 1.807) is 0 Å². The molecule has 0 saturated carbocycles. The number of fused-ring (bicyclic) bond motifs is 1. The van der Waals surface area contributed by atoms with Crippen molar-refractivity contribution >= 4 is 15.9 Å². The summed E-state index contributed by atoms with van der Waals surface area (Å²) in [5.74, 6) is 0. The third kappa shape index (κ3) is 1.79. The van der Waals surface area contributed by atoms with Gasteiger partial charge in [-0.2, -0.15) is 0 Å². The summed E-state index contributed by atoms with van der Waals surface area (Å²) in [6, 6.07) is 7.66. The molecule has 2 unspecified atom stereocenters. The molecule has 13 heavy (non-hydrogen) atoms. The lowest BCUT2D eigenvalue weighted by atomic mass is 9.92. The second kappa shape index (κ2) is 3.43. The molecule has 1 aromatic rings. The Kier molecular flexibility index (Phi) is 2.43. The molecule has 1 aliphatic rings. The summed E-state index contributed by atoms with van der Waals surface area (Å²) in [6.45, 7) is 4.46. The van der Waals surface area contributed by atoms with Crippen molar-refractivity contribution in [1.82, 2.24) is 5.32 Å². The molecule has 0 amide bonds. The molecule has 0 spiro atoms. The van der Waals surface area contributed by atoms with Crippen LogP contribution in [0.25, 0.3) is 0 Å². The third-order valence-electron chi connectivity index (χ3n) is 2.63. The van der Waals surface area contributed by atoms with Crippen molar-refractivity contribution in [3.63, 3.8) is 0 Å². The molecule has 2 heteroatoms. The molecule has 1 nitrogen and oxygen atoms in total. The first-order valence-electron chi connectivity index (χ1n) is 4.71. The second-order valence-corrected chi connectivity index (χ2v) is 4.75. The molecule has 1 aromatic carbocycles. The largest absolute Gasteiger partial charge is 0.307 e. The van der Waals surface area contributed by atoms with Gasteiger partial charge in [0, 0.05) is 16.6 Å². The number of benzene rings is 1. The predicted octanol–water partition coefficient (Wildman–Crippen LogP) is 3.04. The number of hydrogen-bond acceptors (Lipinski definition) is 1. The summed E-state index contributed by atoms with van der Waals surface area (Å²) in [5.41, 5.74) is 2.93. The maximum absolute atomic E-state index is 3.54. The van der Waals surface area contributed by atoms with Gasteiger partial charge in [-0.3, -0.25) is 0 Å². The molecular weight excluding hydrogens is 226 g/mol. The van der Waals surface area contributed by atoms with Gasteiger partial charge in [-0.25, -0.2) is 0 Å². The summed E-state index contributed by atoms with van der Waals surface area (Å²) in [6.07, 6.45) is 1.14. The lowest BCUT2D eigenvalue weighted by molar-refractivity contribution is 0.445. The standard InChI is InChI=1S/C11H14BrN/c1-7-5-9-6-10(12)3-4-11(9)8(2)13-7/h3-4,6-8,13H,5H2,1-2H3. The lowest BCUT2D eigenvalue weighted by Gasteiger charge is -2.29. The highest BCUT2D eigenvalue weighted by Crippen LogP contribution is 2.27. The van der Waals surface area contributed by atoms with E-state index in [2.05, 4.69) is 53.3 Å². The normalized spacial score (nSPS) is 27.0. The average Bonchev–Trinajstić information content (AvgIpc) is 2.02. The quantitative estimate of drug-likeness (QED) is 0.734. The fraction of sp³-hybridized carbons (Fsp3) is 0.455. The smallest absolute Gasteiger partial charge is 0.0297 e. The van der Waals surface area contributed by atoms with Crippen LogP contribution in [0.2, 0.25) is 0 Å². The summed E-state index contributed by atoms with van der Waals surface area (Å²) < 4.78 is 1.19. The number of hydrogen-bond donors (Lipinski definition) is 1. The van der Waals surface area contributed by atoms with Gasteiger partial charge < -0.3 is 5.32 Å². The van der Waals surface area contributed by atoms with Gasteiger partial charge in [0.1, 0.15) is 0 Å². The van der Waals surface area contributed by atoms with Gasteiger partial charge in [0.25, 0.3) is 0 Å². The summed E-state index contributed by atoms with van der Waals surface area (Å²) in [7, 11) is 0. The Labute approximate surface area is 87.7 Å². The van der Waals surface area contributed by atoms with Crippen molar-refractivity contribution in [1.29, 1.82) is 0 Å². The molecule has 0 bridgehead atoms. The summed E-state index contributed by atoms with van der Waals surface area (Å²) in [4.78, 5) is 0. The molecular formula is C11H14BrN. The van der Waals surface area contributed by atoms with Gasteiger partial charge in [0.15, 0.2) is 0 Å². The maximum Gasteiger partial charge on any atom is 0.0297 e. The van der Waals surface area contributed by atoms with Crippen LogP contribution in [0, 0.1) is 0 Å². The van der Waals surface area contributed by atoms with Crippen LogP contribution >= 0.6 is 15.9 Å². The first kappa shape index (κ1) is 9.22. The van der Waals surface area contributed by atoms with Gasteiger partial charge in [-0.15, -0.1) is 0 Å². The molecule has 0 aromatic heterocycles. The van der Waals surface area contributed by atoms with Crippen molar-refractivity contribution < 1.29 is 0 Å². The molecule has 0 aliphatic carbocycles. The number of halogens is 1. The fourth-order valence-corrected chi connectivity index (χ4v) is 2.49. The number of nitrogens with one attached hydrogen (secondary N) is 1. The Balaban J connectivity index is 2.43. The monoisotopic (exact) mass is 239 g/mol. The SMILES string of the molecule is CC1Cc2cc(Br)ccc2C(C)N1. The van der Waals surface area contributed by atoms with E-state index in [1.165, 1.54) is 15.6 Å². The van der Waals surface area contributed by atoms with Crippen LogP contribution in [0.15, 0.2) is 22.7 Å². The van der Waals surface area contributed by atoms with Crippen LogP contribution < -0.4 is 5.32 Å². The van der Waals surface area contributed by atoms with E-state index in [9.17, 15) is 0 Å². The maximum atomic E-state index is 3.54. The zero-order chi connectivity index (χ0) is 9.42. The zero-order valence-electron chi connectivity index (χ0n) is 7.97. The summed E-state index contributed by atoms with van der Waals surface area (Å²) >= 11 is 3.51. The summed E-state index contributed by atoms with van der Waals surface area (Å²) in [5, 5.41) is 3.54. The Morgan fingerprint density at radius 3 is 2.92 bits per heavy atom. The van der Waals surface area contributed by atoms with Crippen LogP contribution in [-0.2, 0) is 6.42 Å². The van der Waals surface area contributed by atoms with Gasteiger partial charge in [0.05, 0.1) is 0 Å². The van der Waals surface area contributed by atoms with Crippen molar-refractivity contribution in [2.45, 2.75) is 32.4 Å².